The zero-order chi connectivity index (χ0) is 15.5. The molecule has 7 heteroatoms. The molecule has 6 nitrogen and oxygen atoms in total. The maximum absolute atomic E-state index is 12.1. The number of rotatable bonds is 5. The molecule has 0 bridgehead atoms. The zero-order valence-corrected chi connectivity index (χ0v) is 12.8. The fourth-order valence-corrected chi connectivity index (χ4v) is 2.69. The number of anilines is 2. The minimum absolute atomic E-state index is 0.207. The van der Waals surface area contributed by atoms with Crippen LogP contribution in [0.2, 0.25) is 0 Å². The highest BCUT2D eigenvalue weighted by molar-refractivity contribution is 7.89. The van der Waals surface area contributed by atoms with Crippen LogP contribution in [0.15, 0.2) is 47.6 Å². The molecule has 0 saturated carbocycles. The number of pyridine rings is 1. The van der Waals surface area contributed by atoms with Crippen LogP contribution in [-0.2, 0) is 16.6 Å². The second-order valence-electron chi connectivity index (χ2n) is 4.75. The molecule has 0 unspecified atom stereocenters. The Labute approximate surface area is 124 Å². The number of nitrogen functional groups attached to an aromatic ring is 1. The summed E-state index contributed by atoms with van der Waals surface area (Å²) in [5.74, 6) is 0. The Morgan fingerprint density at radius 1 is 1.19 bits per heavy atom. The van der Waals surface area contributed by atoms with Crippen LogP contribution < -0.4 is 11.1 Å². The van der Waals surface area contributed by atoms with Crippen LogP contribution >= 0.6 is 0 Å². The van der Waals surface area contributed by atoms with E-state index >= 15 is 0 Å². The monoisotopic (exact) mass is 306 g/mol. The lowest BCUT2D eigenvalue weighted by Gasteiger charge is -2.14. The standard InChI is InChI=1S/C14H18N4O2S/c1-18(2)21(19,20)12-3-4-13(15)14(9-12)17-10-11-5-7-16-8-6-11/h3-9,17H,10,15H2,1-2H3. The van der Waals surface area contributed by atoms with Gasteiger partial charge in [0.15, 0.2) is 0 Å². The van der Waals surface area contributed by atoms with E-state index in [1.54, 1.807) is 24.5 Å². The molecule has 0 aliphatic heterocycles. The highest BCUT2D eigenvalue weighted by atomic mass is 32.2. The van der Waals surface area contributed by atoms with Crippen molar-refractivity contribution in [1.29, 1.82) is 0 Å². The van der Waals surface area contributed by atoms with Crippen molar-refractivity contribution in [2.24, 2.45) is 0 Å². The summed E-state index contributed by atoms with van der Waals surface area (Å²) in [4.78, 5) is 4.15. The van der Waals surface area contributed by atoms with E-state index in [1.807, 2.05) is 12.1 Å². The minimum atomic E-state index is -3.47. The SMILES string of the molecule is CN(C)S(=O)(=O)c1ccc(N)c(NCc2ccncc2)c1. The zero-order valence-electron chi connectivity index (χ0n) is 11.9. The van der Waals surface area contributed by atoms with Gasteiger partial charge in [0, 0.05) is 33.0 Å². The molecule has 2 aromatic rings. The van der Waals surface area contributed by atoms with Crippen molar-refractivity contribution in [3.63, 3.8) is 0 Å². The maximum Gasteiger partial charge on any atom is 0.242 e. The van der Waals surface area contributed by atoms with Crippen LogP contribution in [0.3, 0.4) is 0 Å². The number of sulfonamides is 1. The molecule has 0 radical (unpaired) electrons. The van der Waals surface area contributed by atoms with Gasteiger partial charge in [0.2, 0.25) is 10.0 Å². The van der Waals surface area contributed by atoms with Gasteiger partial charge in [-0.1, -0.05) is 0 Å². The number of nitrogens with zero attached hydrogens (tertiary/aromatic N) is 2. The van der Waals surface area contributed by atoms with E-state index in [9.17, 15) is 8.42 Å². The molecular weight excluding hydrogens is 288 g/mol. The first-order chi connectivity index (χ1) is 9.91. The van der Waals surface area contributed by atoms with Crippen molar-refractivity contribution in [3.8, 4) is 0 Å². The molecule has 0 spiro atoms. The average molecular weight is 306 g/mol. The van der Waals surface area contributed by atoms with Crippen LogP contribution in [0.5, 0.6) is 0 Å². The van der Waals surface area contributed by atoms with E-state index in [1.165, 1.54) is 24.5 Å². The van der Waals surface area contributed by atoms with Crippen molar-refractivity contribution in [2.75, 3.05) is 25.1 Å². The Balaban J connectivity index is 2.24. The Kier molecular flexibility index (Phi) is 4.44. The molecule has 1 heterocycles. The third kappa shape index (κ3) is 3.50. The van der Waals surface area contributed by atoms with Gasteiger partial charge in [0.1, 0.15) is 0 Å². The van der Waals surface area contributed by atoms with Crippen molar-refractivity contribution in [2.45, 2.75) is 11.4 Å². The first kappa shape index (κ1) is 15.3. The van der Waals surface area contributed by atoms with E-state index in [2.05, 4.69) is 10.3 Å². The van der Waals surface area contributed by atoms with Crippen LogP contribution in [0.1, 0.15) is 5.56 Å². The Morgan fingerprint density at radius 2 is 1.86 bits per heavy atom. The van der Waals surface area contributed by atoms with Gasteiger partial charge in [0.05, 0.1) is 16.3 Å². The van der Waals surface area contributed by atoms with Gasteiger partial charge >= 0.3 is 0 Å². The topological polar surface area (TPSA) is 88.3 Å². The smallest absolute Gasteiger partial charge is 0.242 e. The van der Waals surface area contributed by atoms with Gasteiger partial charge in [-0.3, -0.25) is 4.98 Å². The lowest BCUT2D eigenvalue weighted by atomic mass is 10.2. The fraction of sp³-hybridized carbons (Fsp3) is 0.214. The van der Waals surface area contributed by atoms with Gasteiger partial charge in [-0.15, -0.1) is 0 Å². The molecular formula is C14H18N4O2S. The van der Waals surface area contributed by atoms with E-state index in [0.29, 0.717) is 17.9 Å². The molecule has 0 aliphatic carbocycles. The summed E-state index contributed by atoms with van der Waals surface area (Å²) in [6.45, 7) is 0.540. The maximum atomic E-state index is 12.1. The molecule has 1 aromatic heterocycles. The number of aromatic nitrogens is 1. The lowest BCUT2D eigenvalue weighted by Crippen LogP contribution is -2.22. The quantitative estimate of drug-likeness (QED) is 0.818. The number of benzene rings is 1. The summed E-state index contributed by atoms with van der Waals surface area (Å²) in [6.07, 6.45) is 3.40. The Morgan fingerprint density at radius 3 is 2.48 bits per heavy atom. The fourth-order valence-electron chi connectivity index (χ4n) is 1.76. The highest BCUT2D eigenvalue weighted by Gasteiger charge is 2.18. The van der Waals surface area contributed by atoms with Crippen LogP contribution in [0, 0.1) is 0 Å². The van der Waals surface area contributed by atoms with E-state index in [0.717, 1.165) is 5.56 Å². The molecule has 112 valence electrons. The van der Waals surface area contributed by atoms with Crippen LogP contribution in [0.25, 0.3) is 0 Å². The van der Waals surface area contributed by atoms with Gasteiger partial charge in [0.25, 0.3) is 0 Å². The molecule has 0 aliphatic rings. The average Bonchev–Trinajstić information content (AvgIpc) is 2.47. The molecule has 0 fully saturated rings. The summed E-state index contributed by atoms with van der Waals surface area (Å²) >= 11 is 0. The highest BCUT2D eigenvalue weighted by Crippen LogP contribution is 2.24. The van der Waals surface area contributed by atoms with E-state index < -0.39 is 10.0 Å². The number of hydrogen-bond donors (Lipinski definition) is 2. The van der Waals surface area contributed by atoms with E-state index in [4.69, 9.17) is 5.73 Å². The molecule has 0 saturated heterocycles. The normalized spacial score (nSPS) is 11.6. The predicted molar refractivity (Wildman–Crippen MR) is 83.3 cm³/mol. The Bertz CT molecular complexity index is 715. The van der Waals surface area contributed by atoms with Crippen molar-refractivity contribution >= 4 is 21.4 Å². The van der Waals surface area contributed by atoms with Crippen LogP contribution in [0.4, 0.5) is 11.4 Å². The molecule has 21 heavy (non-hydrogen) atoms. The third-order valence-corrected chi connectivity index (χ3v) is 4.85. The molecule has 1 aromatic carbocycles. The Hall–Kier alpha value is -2.12. The summed E-state index contributed by atoms with van der Waals surface area (Å²) in [5.41, 5.74) is 8.02. The first-order valence-electron chi connectivity index (χ1n) is 6.36. The predicted octanol–water partition coefficient (Wildman–Crippen LogP) is 1.53. The number of hydrogen-bond acceptors (Lipinski definition) is 5. The summed E-state index contributed by atoms with van der Waals surface area (Å²) in [5, 5.41) is 3.14. The number of nitrogens with two attached hydrogens (primary N) is 1. The van der Waals surface area contributed by atoms with Gasteiger partial charge < -0.3 is 11.1 Å². The summed E-state index contributed by atoms with van der Waals surface area (Å²) < 4.78 is 25.4. The van der Waals surface area contributed by atoms with E-state index in [-0.39, 0.29) is 4.90 Å². The van der Waals surface area contributed by atoms with Gasteiger partial charge in [-0.25, -0.2) is 12.7 Å². The summed E-state index contributed by atoms with van der Waals surface area (Å²) in [6, 6.07) is 8.40. The molecule has 3 N–H and O–H groups in total. The van der Waals surface area contributed by atoms with Crippen molar-refractivity contribution in [1.82, 2.24) is 9.29 Å². The molecule has 0 atom stereocenters. The van der Waals surface area contributed by atoms with Gasteiger partial charge in [-0.05, 0) is 35.9 Å². The second kappa shape index (κ2) is 6.11. The molecule has 2 rings (SSSR count). The second-order valence-corrected chi connectivity index (χ2v) is 6.90. The summed E-state index contributed by atoms with van der Waals surface area (Å²) in [7, 11) is -0.480. The van der Waals surface area contributed by atoms with Crippen molar-refractivity contribution < 1.29 is 8.42 Å². The lowest BCUT2D eigenvalue weighted by molar-refractivity contribution is 0.521. The number of nitrogens with one attached hydrogen (secondary N) is 1. The van der Waals surface area contributed by atoms with Crippen molar-refractivity contribution in [3.05, 3.63) is 48.3 Å². The van der Waals surface area contributed by atoms with Crippen LogP contribution in [-0.4, -0.2) is 31.8 Å². The molecule has 0 amide bonds. The third-order valence-electron chi connectivity index (χ3n) is 3.04. The first-order valence-corrected chi connectivity index (χ1v) is 7.80. The minimum Gasteiger partial charge on any atom is -0.397 e. The largest absolute Gasteiger partial charge is 0.397 e. The van der Waals surface area contributed by atoms with Gasteiger partial charge in [-0.2, -0.15) is 0 Å².